The van der Waals surface area contributed by atoms with Crippen molar-refractivity contribution in [1.29, 1.82) is 0 Å². The van der Waals surface area contributed by atoms with E-state index in [9.17, 15) is 4.79 Å². The molecule has 0 bridgehead atoms. The molecule has 1 aliphatic rings. The van der Waals surface area contributed by atoms with Gasteiger partial charge in [-0.2, -0.15) is 0 Å². The van der Waals surface area contributed by atoms with Gasteiger partial charge < -0.3 is 14.6 Å². The van der Waals surface area contributed by atoms with Crippen LogP contribution in [-0.4, -0.2) is 65.0 Å². The lowest BCUT2D eigenvalue weighted by Crippen LogP contribution is -2.49. The molecular formula is C24H23ClN4O2. The van der Waals surface area contributed by atoms with Crippen molar-refractivity contribution in [3.63, 3.8) is 0 Å². The van der Waals surface area contributed by atoms with Crippen molar-refractivity contribution in [2.45, 2.75) is 0 Å². The number of nitrogens with zero attached hydrogens (tertiary/aromatic N) is 3. The molecule has 0 aliphatic carbocycles. The number of hydrogen-bond donors (Lipinski definition) is 1. The van der Waals surface area contributed by atoms with E-state index < -0.39 is 0 Å². The monoisotopic (exact) mass is 434 g/mol. The fourth-order valence-electron chi connectivity index (χ4n) is 4.05. The van der Waals surface area contributed by atoms with Crippen LogP contribution in [0.2, 0.25) is 5.02 Å². The molecule has 7 heteroatoms. The van der Waals surface area contributed by atoms with Gasteiger partial charge in [-0.25, -0.2) is 0 Å². The van der Waals surface area contributed by atoms with Gasteiger partial charge in [-0.3, -0.25) is 14.7 Å². The maximum atomic E-state index is 12.9. The van der Waals surface area contributed by atoms with Crippen LogP contribution in [0.15, 0.2) is 60.8 Å². The molecule has 0 radical (unpaired) electrons. The molecule has 4 aromatic rings. The second-order valence-corrected chi connectivity index (χ2v) is 8.10. The number of halogens is 1. The molecule has 0 spiro atoms. The molecule has 0 saturated carbocycles. The number of pyridine rings is 1. The van der Waals surface area contributed by atoms with Gasteiger partial charge in [0.15, 0.2) is 0 Å². The number of piperazine rings is 1. The molecule has 1 N–H and O–H groups in total. The normalized spacial score (nSPS) is 14.9. The maximum Gasteiger partial charge on any atom is 0.270 e. The number of rotatable bonds is 5. The Morgan fingerprint density at radius 1 is 1.06 bits per heavy atom. The highest BCUT2D eigenvalue weighted by atomic mass is 35.5. The van der Waals surface area contributed by atoms with Gasteiger partial charge in [-0.15, -0.1) is 0 Å². The number of amides is 1. The first-order valence-electron chi connectivity index (χ1n) is 10.4. The van der Waals surface area contributed by atoms with Crippen LogP contribution in [0.25, 0.3) is 21.8 Å². The summed E-state index contributed by atoms with van der Waals surface area (Å²) < 4.78 is 6.01. The van der Waals surface area contributed by atoms with E-state index in [1.165, 1.54) is 0 Å². The van der Waals surface area contributed by atoms with Gasteiger partial charge in [-0.1, -0.05) is 29.8 Å². The minimum absolute atomic E-state index is 0.0609. The van der Waals surface area contributed by atoms with Crippen LogP contribution >= 0.6 is 11.6 Å². The molecule has 3 heterocycles. The van der Waals surface area contributed by atoms with Crippen molar-refractivity contribution in [1.82, 2.24) is 19.8 Å². The highest BCUT2D eigenvalue weighted by Crippen LogP contribution is 2.29. The number of para-hydroxylation sites is 1. The molecule has 158 valence electrons. The van der Waals surface area contributed by atoms with Gasteiger partial charge in [0.25, 0.3) is 5.91 Å². The predicted octanol–water partition coefficient (Wildman–Crippen LogP) is 4.21. The largest absolute Gasteiger partial charge is 0.490 e. The van der Waals surface area contributed by atoms with Crippen LogP contribution in [0, 0.1) is 0 Å². The summed E-state index contributed by atoms with van der Waals surface area (Å²) in [6, 6.07) is 17.4. The van der Waals surface area contributed by atoms with Gasteiger partial charge in [-0.05, 0) is 36.4 Å². The number of H-pyrrole nitrogens is 1. The predicted molar refractivity (Wildman–Crippen MR) is 123 cm³/mol. The lowest BCUT2D eigenvalue weighted by atomic mass is 10.2. The van der Waals surface area contributed by atoms with Crippen molar-refractivity contribution in [2.75, 3.05) is 39.3 Å². The number of aromatic nitrogens is 2. The highest BCUT2D eigenvalue weighted by molar-refractivity contribution is 6.35. The standard InChI is InChI=1S/C24H23ClN4O2/c25-19-7-8-22(23-18(19)5-3-9-26-23)31-15-14-28-10-12-29(13-11-28)24(30)21-16-17-4-1-2-6-20(17)27-21/h1-9,16,27H,10-15H2. The molecule has 2 aromatic heterocycles. The summed E-state index contributed by atoms with van der Waals surface area (Å²) in [7, 11) is 0. The fraction of sp³-hybridized carbons (Fsp3) is 0.250. The Labute approximate surface area is 185 Å². The van der Waals surface area contributed by atoms with Crippen LogP contribution in [0.1, 0.15) is 10.5 Å². The SMILES string of the molecule is O=C(c1cc2ccccc2[nH]1)N1CCN(CCOc2ccc(Cl)c3cccnc23)CC1. The molecular weight excluding hydrogens is 412 g/mol. The second-order valence-electron chi connectivity index (χ2n) is 7.70. The average Bonchev–Trinajstić information content (AvgIpc) is 3.25. The zero-order chi connectivity index (χ0) is 21.2. The van der Waals surface area contributed by atoms with Crippen molar-refractivity contribution in [2.24, 2.45) is 0 Å². The minimum atomic E-state index is 0.0609. The van der Waals surface area contributed by atoms with E-state index in [-0.39, 0.29) is 5.91 Å². The highest BCUT2D eigenvalue weighted by Gasteiger charge is 2.23. The number of aromatic amines is 1. The number of carbonyl (C=O) groups is 1. The number of ether oxygens (including phenoxy) is 1. The van der Waals surface area contributed by atoms with Gasteiger partial charge in [0.2, 0.25) is 0 Å². The first kappa shape index (κ1) is 19.8. The first-order chi connectivity index (χ1) is 15.2. The Hall–Kier alpha value is -3.09. The third kappa shape index (κ3) is 4.09. The number of carbonyl (C=O) groups excluding carboxylic acids is 1. The van der Waals surface area contributed by atoms with Crippen LogP contribution in [-0.2, 0) is 0 Å². The summed E-state index contributed by atoms with van der Waals surface area (Å²) >= 11 is 6.25. The van der Waals surface area contributed by atoms with Crippen molar-refractivity contribution < 1.29 is 9.53 Å². The Kier molecular flexibility index (Phi) is 5.49. The molecule has 5 rings (SSSR count). The van der Waals surface area contributed by atoms with E-state index in [1.54, 1.807) is 6.20 Å². The fourth-order valence-corrected chi connectivity index (χ4v) is 4.26. The number of benzene rings is 2. The van der Waals surface area contributed by atoms with Gasteiger partial charge in [0, 0.05) is 55.2 Å². The summed E-state index contributed by atoms with van der Waals surface area (Å²) in [5.41, 5.74) is 2.43. The van der Waals surface area contributed by atoms with Gasteiger partial charge in [0.1, 0.15) is 23.6 Å². The van der Waals surface area contributed by atoms with Crippen molar-refractivity contribution >= 4 is 39.3 Å². The van der Waals surface area contributed by atoms with E-state index in [2.05, 4.69) is 14.9 Å². The summed E-state index contributed by atoms with van der Waals surface area (Å²) in [4.78, 5) is 24.7. The number of hydrogen-bond acceptors (Lipinski definition) is 4. The summed E-state index contributed by atoms with van der Waals surface area (Å²) in [6.45, 7) is 4.43. The molecule has 1 saturated heterocycles. The lowest BCUT2D eigenvalue weighted by Gasteiger charge is -2.34. The van der Waals surface area contributed by atoms with Gasteiger partial charge >= 0.3 is 0 Å². The van der Waals surface area contributed by atoms with E-state index in [0.29, 0.717) is 30.4 Å². The maximum absolute atomic E-state index is 12.9. The Morgan fingerprint density at radius 2 is 1.90 bits per heavy atom. The minimum Gasteiger partial charge on any atom is -0.490 e. The Morgan fingerprint density at radius 3 is 2.74 bits per heavy atom. The topological polar surface area (TPSA) is 61.5 Å². The van der Waals surface area contributed by atoms with Crippen molar-refractivity contribution in [3.8, 4) is 5.75 Å². The average molecular weight is 435 g/mol. The number of nitrogens with one attached hydrogen (secondary N) is 1. The molecule has 2 aromatic carbocycles. The lowest BCUT2D eigenvalue weighted by molar-refractivity contribution is 0.0616. The van der Waals surface area contributed by atoms with Crippen LogP contribution < -0.4 is 4.74 Å². The zero-order valence-corrected chi connectivity index (χ0v) is 17.8. The molecule has 1 amide bonds. The van der Waals surface area contributed by atoms with Crippen LogP contribution in [0.5, 0.6) is 5.75 Å². The van der Waals surface area contributed by atoms with Crippen molar-refractivity contribution in [3.05, 3.63) is 71.5 Å². The van der Waals surface area contributed by atoms with Crippen LogP contribution in [0.3, 0.4) is 0 Å². The number of fused-ring (bicyclic) bond motifs is 2. The van der Waals surface area contributed by atoms with Gasteiger partial charge in [0.05, 0.1) is 5.02 Å². The molecule has 1 fully saturated rings. The summed E-state index contributed by atoms with van der Waals surface area (Å²) in [6.07, 6.45) is 1.74. The quantitative estimate of drug-likeness (QED) is 0.511. The molecule has 1 aliphatic heterocycles. The third-order valence-electron chi connectivity index (χ3n) is 5.76. The first-order valence-corrected chi connectivity index (χ1v) is 10.8. The molecule has 0 atom stereocenters. The zero-order valence-electron chi connectivity index (χ0n) is 17.1. The molecule has 0 unspecified atom stereocenters. The summed E-state index contributed by atoms with van der Waals surface area (Å²) in [5.74, 6) is 0.804. The molecule has 31 heavy (non-hydrogen) atoms. The van der Waals surface area contributed by atoms with E-state index >= 15 is 0 Å². The smallest absolute Gasteiger partial charge is 0.270 e. The second kappa shape index (κ2) is 8.57. The van der Waals surface area contributed by atoms with E-state index in [4.69, 9.17) is 16.3 Å². The van der Waals surface area contributed by atoms with E-state index in [0.717, 1.165) is 47.2 Å². The Balaban J connectivity index is 1.15. The summed E-state index contributed by atoms with van der Waals surface area (Å²) in [5, 5.41) is 2.63. The Bertz CT molecular complexity index is 1200. The van der Waals surface area contributed by atoms with E-state index in [1.807, 2.05) is 59.5 Å². The third-order valence-corrected chi connectivity index (χ3v) is 6.09. The van der Waals surface area contributed by atoms with Crippen LogP contribution in [0.4, 0.5) is 0 Å². The molecule has 6 nitrogen and oxygen atoms in total.